The van der Waals surface area contributed by atoms with Gasteiger partial charge < -0.3 is 4.42 Å². The van der Waals surface area contributed by atoms with Gasteiger partial charge in [0.25, 0.3) is 0 Å². The van der Waals surface area contributed by atoms with E-state index in [9.17, 15) is 16.4 Å². The third kappa shape index (κ3) is 4.03. The summed E-state index contributed by atoms with van der Waals surface area (Å²) in [5, 5.41) is -6.32. The second-order valence-corrected chi connectivity index (χ2v) is 10.3. The Hall–Kier alpha value is -6.18. The fourth-order valence-electron chi connectivity index (χ4n) is 5.73. The first-order chi connectivity index (χ1) is 35.0. The van der Waals surface area contributed by atoms with Crippen LogP contribution in [0.15, 0.2) is 174 Å². The molecule has 10 aromatic rings. The molecular formula is C46H28O. The van der Waals surface area contributed by atoms with Gasteiger partial charge in [-0.15, -0.1) is 0 Å². The van der Waals surface area contributed by atoms with Crippen molar-refractivity contribution in [2.45, 2.75) is 0 Å². The minimum atomic E-state index is -1.10. The summed E-state index contributed by atoms with van der Waals surface area (Å²) >= 11 is 0. The summed E-state index contributed by atoms with van der Waals surface area (Å²) < 4.78 is 258. The van der Waals surface area contributed by atoms with Crippen molar-refractivity contribution in [2.75, 3.05) is 0 Å². The van der Waals surface area contributed by atoms with Crippen LogP contribution in [-0.2, 0) is 0 Å². The van der Waals surface area contributed by atoms with Gasteiger partial charge in [-0.3, -0.25) is 0 Å². The maximum absolute atomic E-state index is 10.0. The van der Waals surface area contributed by atoms with Crippen molar-refractivity contribution in [3.8, 4) is 33.4 Å². The Kier molecular flexibility index (Phi) is 2.31. The molecule has 0 saturated heterocycles. The largest absolute Gasteiger partial charge is 0.456 e. The van der Waals surface area contributed by atoms with Gasteiger partial charge in [-0.05, 0) is 107 Å². The molecule has 0 saturated carbocycles. The Morgan fingerprint density at radius 3 is 1.55 bits per heavy atom. The highest BCUT2D eigenvalue weighted by molar-refractivity contribution is 6.22. The van der Waals surface area contributed by atoms with E-state index in [2.05, 4.69) is 0 Å². The second kappa shape index (κ2) is 10.2. The molecular weight excluding hydrogens is 569 g/mol. The van der Waals surface area contributed by atoms with Crippen LogP contribution in [0.3, 0.4) is 0 Å². The molecule has 0 aliphatic carbocycles. The lowest BCUT2D eigenvalue weighted by Crippen LogP contribution is -1.91. The van der Waals surface area contributed by atoms with Crippen molar-refractivity contribution >= 4 is 65.0 Å². The van der Waals surface area contributed by atoms with E-state index in [1.54, 1.807) is 0 Å². The maximum atomic E-state index is 10.0. The quantitative estimate of drug-likeness (QED) is 0.178. The van der Waals surface area contributed by atoms with E-state index in [4.69, 9.17) is 26.3 Å². The summed E-state index contributed by atoms with van der Waals surface area (Å²) in [5.74, 6) is 0. The molecule has 0 fully saturated rings. The minimum absolute atomic E-state index is 0.474. The minimum Gasteiger partial charge on any atom is -0.456 e. The highest BCUT2D eigenvalue weighted by Gasteiger charge is 2.18. The molecule has 0 unspecified atom stereocenters. The predicted molar refractivity (Wildman–Crippen MR) is 200 cm³/mol. The van der Waals surface area contributed by atoms with Gasteiger partial charge in [0.05, 0.1) is 38.4 Å². The molecule has 218 valence electrons. The molecule has 1 aromatic heterocycles. The summed E-state index contributed by atoms with van der Waals surface area (Å²) in [6.07, 6.45) is 0. The second-order valence-electron chi connectivity index (χ2n) is 10.3. The summed E-state index contributed by atoms with van der Waals surface area (Å²) in [7, 11) is 0. The van der Waals surface area contributed by atoms with Crippen LogP contribution in [0.5, 0.6) is 0 Å². The number of hydrogen-bond acceptors (Lipinski definition) is 1. The Morgan fingerprint density at radius 2 is 0.872 bits per heavy atom. The monoisotopic (exact) mass is 624 g/mol. The third-order valence-corrected chi connectivity index (χ3v) is 7.70. The van der Waals surface area contributed by atoms with Crippen LogP contribution in [0.2, 0.25) is 0 Å². The Bertz CT molecular complexity index is 4360. The van der Waals surface area contributed by atoms with E-state index in [0.29, 0.717) is 0 Å². The van der Waals surface area contributed by atoms with Crippen LogP contribution in [0.25, 0.3) is 98.4 Å². The Balaban J connectivity index is 1.49. The first-order valence-electron chi connectivity index (χ1n) is 27.9. The topological polar surface area (TPSA) is 13.1 Å². The predicted octanol–water partition coefficient (Wildman–Crippen LogP) is 13.2. The summed E-state index contributed by atoms with van der Waals surface area (Å²) in [5.41, 5.74) is -6.03. The van der Waals surface area contributed by atoms with Gasteiger partial charge >= 0.3 is 0 Å². The SMILES string of the molecule is [2H]c1c([2H])c(-c2c3c([2H])c([2H])c([2H])c([2H])c3c(-c3c([2H])c([2H])c4c([2H])c([2H])c([2H])c([2H])c4c3[2H])c3c([2H])c([2H])c([2H])c([2H])c23)c([2H])c(-c2c([2H])c([2H])c([2H])c3oc4c([2H])c5c([2H])c([2H])c([2H])c([2H])c5c([2H])c4c23)c1[2H]. The van der Waals surface area contributed by atoms with Crippen LogP contribution in [0.1, 0.15) is 38.4 Å². The molecule has 0 atom stereocenters. The number of benzene rings is 9. The number of fused-ring (bicyclic) bond motifs is 7. The molecule has 1 nitrogen and oxygen atoms in total. The van der Waals surface area contributed by atoms with Crippen LogP contribution >= 0.6 is 0 Å². The van der Waals surface area contributed by atoms with Crippen LogP contribution in [0, 0.1) is 0 Å². The average molecular weight is 625 g/mol. The van der Waals surface area contributed by atoms with Crippen molar-refractivity contribution in [3.05, 3.63) is 169 Å². The number of hydrogen-bond donors (Lipinski definition) is 0. The molecule has 1 heteroatoms. The van der Waals surface area contributed by atoms with Crippen molar-refractivity contribution < 1.29 is 42.8 Å². The van der Waals surface area contributed by atoms with Gasteiger partial charge in [-0.1, -0.05) is 139 Å². The maximum Gasteiger partial charge on any atom is 0.136 e. The molecule has 0 aliphatic rings. The lowest BCUT2D eigenvalue weighted by atomic mass is 9.85. The van der Waals surface area contributed by atoms with Gasteiger partial charge in [0.2, 0.25) is 0 Å². The van der Waals surface area contributed by atoms with Crippen LogP contribution in [-0.4, -0.2) is 0 Å². The molecule has 0 N–H and O–H groups in total. The summed E-state index contributed by atoms with van der Waals surface area (Å²) in [4.78, 5) is 0. The highest BCUT2D eigenvalue weighted by atomic mass is 16.3. The zero-order valence-electron chi connectivity index (χ0n) is 51.4. The van der Waals surface area contributed by atoms with E-state index < -0.39 is 268 Å². The van der Waals surface area contributed by atoms with E-state index in [1.165, 1.54) is 0 Å². The molecule has 10 rings (SSSR count). The standard InChI is InChI=1S/C46H28O/c1-2-12-30-25-35(24-23-29(30)11-1)45-39-19-7-5-17-37(39)44(38-18-6-8-20-40(38)45)34-16-9-15-33(26-34)36-21-10-22-42-46(36)41-27-31-13-3-4-14-32(31)28-43(41)47-42/h1-28H/i1D,2D,3D,4D,5D,6D,7D,8D,9D,10D,11D,12D,13D,14D,15D,16D,17D,18D,19D,20D,21D,22D,23D,24D,25D,26D,27D,28D. The summed E-state index contributed by atoms with van der Waals surface area (Å²) in [6, 6.07) is -25.9. The zero-order valence-corrected chi connectivity index (χ0v) is 23.4. The fourth-order valence-corrected chi connectivity index (χ4v) is 5.73. The molecule has 0 bridgehead atoms. The molecule has 0 aliphatic heterocycles. The Morgan fingerprint density at radius 1 is 0.340 bits per heavy atom. The molecule has 1 heterocycles. The van der Waals surface area contributed by atoms with Crippen molar-refractivity contribution in [1.82, 2.24) is 0 Å². The smallest absolute Gasteiger partial charge is 0.136 e. The van der Waals surface area contributed by atoms with Gasteiger partial charge in [-0.25, -0.2) is 0 Å². The fraction of sp³-hybridized carbons (Fsp3) is 0. The lowest BCUT2D eigenvalue weighted by molar-refractivity contribution is 0.669. The molecule has 0 spiro atoms. The van der Waals surface area contributed by atoms with Gasteiger partial charge in [-0.2, -0.15) is 0 Å². The van der Waals surface area contributed by atoms with Crippen molar-refractivity contribution in [1.29, 1.82) is 0 Å². The number of furan rings is 1. The van der Waals surface area contributed by atoms with Gasteiger partial charge in [0.1, 0.15) is 11.2 Å². The van der Waals surface area contributed by atoms with E-state index in [0.717, 1.165) is 0 Å². The molecule has 47 heavy (non-hydrogen) atoms. The van der Waals surface area contributed by atoms with E-state index >= 15 is 0 Å². The normalized spacial score (nSPS) is 20.2. The number of rotatable bonds is 3. The third-order valence-electron chi connectivity index (χ3n) is 7.70. The van der Waals surface area contributed by atoms with Gasteiger partial charge in [0, 0.05) is 10.8 Å². The Labute approximate surface area is 311 Å². The molecule has 0 amide bonds. The highest BCUT2D eigenvalue weighted by Crippen LogP contribution is 2.45. The molecule has 0 radical (unpaired) electrons. The first kappa shape index (κ1) is 10.7. The zero-order chi connectivity index (χ0) is 55.3. The van der Waals surface area contributed by atoms with Crippen LogP contribution < -0.4 is 0 Å². The molecule has 9 aromatic carbocycles. The van der Waals surface area contributed by atoms with Crippen LogP contribution in [0.4, 0.5) is 0 Å². The summed E-state index contributed by atoms with van der Waals surface area (Å²) in [6.45, 7) is 0. The van der Waals surface area contributed by atoms with E-state index in [-0.39, 0.29) is 0 Å². The lowest BCUT2D eigenvalue weighted by Gasteiger charge is -2.18. The van der Waals surface area contributed by atoms with Crippen molar-refractivity contribution in [2.24, 2.45) is 0 Å². The van der Waals surface area contributed by atoms with E-state index in [1.807, 2.05) is 0 Å². The van der Waals surface area contributed by atoms with Crippen molar-refractivity contribution in [3.63, 3.8) is 0 Å². The average Bonchev–Trinajstić information content (AvgIpc) is 3.83. The first-order valence-corrected chi connectivity index (χ1v) is 13.9. The van der Waals surface area contributed by atoms with Gasteiger partial charge in [0.15, 0.2) is 0 Å².